The van der Waals surface area contributed by atoms with E-state index in [1.165, 1.54) is 9.80 Å². The molecule has 0 spiro atoms. The molecule has 6 nitrogen and oxygen atoms in total. The van der Waals surface area contributed by atoms with Crippen LogP contribution in [-0.2, 0) is 9.59 Å². The predicted octanol–water partition coefficient (Wildman–Crippen LogP) is 0.216. The monoisotopic (exact) mass is 258 g/mol. The quantitative estimate of drug-likeness (QED) is 0.780. The molecule has 0 unspecified atom stereocenters. The van der Waals surface area contributed by atoms with E-state index in [0.717, 1.165) is 0 Å². The first-order valence-electron chi connectivity index (χ1n) is 5.89. The van der Waals surface area contributed by atoms with E-state index in [1.807, 2.05) is 6.07 Å². The second kappa shape index (κ2) is 5.08. The summed E-state index contributed by atoms with van der Waals surface area (Å²) in [5, 5.41) is 8.95. The summed E-state index contributed by atoms with van der Waals surface area (Å²) in [5.74, 6) is -0.335. The molecule has 0 fully saturated rings. The molecule has 0 aliphatic carbocycles. The summed E-state index contributed by atoms with van der Waals surface area (Å²) in [6, 6.07) is 6.94. The van der Waals surface area contributed by atoms with E-state index in [4.69, 9.17) is 11.0 Å². The number of nitrogens with two attached hydrogens (primary N) is 1. The lowest BCUT2D eigenvalue weighted by Crippen LogP contribution is -2.36. The van der Waals surface area contributed by atoms with E-state index in [2.05, 4.69) is 0 Å². The molecule has 2 amide bonds. The van der Waals surface area contributed by atoms with Gasteiger partial charge in [-0.2, -0.15) is 5.26 Å². The summed E-state index contributed by atoms with van der Waals surface area (Å²) in [4.78, 5) is 26.7. The molecule has 98 valence electrons. The molecular formula is C13H14N4O2. The maximum atomic E-state index is 11.9. The molecule has 1 heterocycles. The summed E-state index contributed by atoms with van der Waals surface area (Å²) in [5.41, 5.74) is 7.01. The number of anilines is 2. The minimum atomic E-state index is -0.264. The number of hydrogen-bond acceptors (Lipinski definition) is 4. The molecule has 0 aromatic heterocycles. The molecule has 2 N–H and O–H groups in total. The topological polar surface area (TPSA) is 90.4 Å². The fourth-order valence-corrected chi connectivity index (χ4v) is 2.09. The largest absolute Gasteiger partial charge is 0.322 e. The molecule has 1 aromatic rings. The number of carbonyl (C=O) groups is 2. The Morgan fingerprint density at radius 3 is 2.84 bits per heavy atom. The fourth-order valence-electron chi connectivity index (χ4n) is 2.09. The number of amides is 2. The van der Waals surface area contributed by atoms with E-state index < -0.39 is 0 Å². The number of benzene rings is 1. The summed E-state index contributed by atoms with van der Waals surface area (Å²) in [7, 11) is 1.66. The van der Waals surface area contributed by atoms with Crippen LogP contribution < -0.4 is 15.5 Å². The van der Waals surface area contributed by atoms with Crippen LogP contribution in [0.25, 0.3) is 0 Å². The van der Waals surface area contributed by atoms with E-state index >= 15 is 0 Å². The highest BCUT2D eigenvalue weighted by atomic mass is 16.2. The van der Waals surface area contributed by atoms with Crippen molar-refractivity contribution in [1.82, 2.24) is 0 Å². The van der Waals surface area contributed by atoms with E-state index in [9.17, 15) is 9.59 Å². The van der Waals surface area contributed by atoms with Crippen molar-refractivity contribution in [2.24, 2.45) is 5.73 Å². The molecule has 1 aromatic carbocycles. The van der Waals surface area contributed by atoms with Crippen molar-refractivity contribution in [3.63, 3.8) is 0 Å². The molecule has 0 bridgehead atoms. The van der Waals surface area contributed by atoms with Gasteiger partial charge in [0, 0.05) is 20.0 Å². The Bertz CT molecular complexity index is 576. The average Bonchev–Trinajstić information content (AvgIpc) is 2.56. The number of fused-ring (bicyclic) bond motifs is 1. The first-order chi connectivity index (χ1) is 9.08. The van der Waals surface area contributed by atoms with Crippen LogP contribution in [0.4, 0.5) is 11.4 Å². The molecule has 19 heavy (non-hydrogen) atoms. The first kappa shape index (κ1) is 13.1. The summed E-state index contributed by atoms with van der Waals surface area (Å²) < 4.78 is 0. The van der Waals surface area contributed by atoms with Gasteiger partial charge in [-0.25, -0.2) is 0 Å². The Labute approximate surface area is 111 Å². The van der Waals surface area contributed by atoms with Crippen molar-refractivity contribution < 1.29 is 9.59 Å². The van der Waals surface area contributed by atoms with E-state index in [1.54, 1.807) is 25.2 Å². The van der Waals surface area contributed by atoms with Crippen LogP contribution in [-0.4, -0.2) is 32.0 Å². The van der Waals surface area contributed by atoms with Crippen molar-refractivity contribution in [3.05, 3.63) is 23.8 Å². The summed E-state index contributed by atoms with van der Waals surface area (Å²) in [6.07, 6.45) is 0.235. The van der Waals surface area contributed by atoms with Gasteiger partial charge in [-0.05, 0) is 18.2 Å². The lowest BCUT2D eigenvalue weighted by atomic mass is 10.1. The summed E-state index contributed by atoms with van der Waals surface area (Å²) >= 11 is 0. The zero-order chi connectivity index (χ0) is 14.0. The van der Waals surface area contributed by atoms with E-state index in [0.29, 0.717) is 16.9 Å². The molecule has 2 rings (SSSR count). The highest BCUT2D eigenvalue weighted by Gasteiger charge is 2.26. The number of nitriles is 1. The third kappa shape index (κ3) is 2.28. The average molecular weight is 258 g/mol. The Balaban J connectivity index is 2.58. The highest BCUT2D eigenvalue weighted by molar-refractivity contribution is 6.05. The minimum Gasteiger partial charge on any atom is -0.322 e. The second-order valence-electron chi connectivity index (χ2n) is 4.27. The minimum absolute atomic E-state index is 0.0710. The standard InChI is InChI=1S/C13H14N4O2/c1-16-10-3-2-9(7-14)6-11(10)17(13(19)8-15)5-4-12(16)18/h2-3,6H,4-5,8,15H2,1H3. The molecule has 0 radical (unpaired) electrons. The zero-order valence-corrected chi connectivity index (χ0v) is 10.6. The van der Waals surface area contributed by atoms with Crippen LogP contribution in [0.15, 0.2) is 18.2 Å². The van der Waals surface area contributed by atoms with Crippen molar-refractivity contribution in [2.75, 3.05) is 29.9 Å². The summed E-state index contributed by atoms with van der Waals surface area (Å²) in [6.45, 7) is 0.148. The molecule has 0 atom stereocenters. The number of rotatable bonds is 1. The maximum Gasteiger partial charge on any atom is 0.240 e. The van der Waals surface area contributed by atoms with Gasteiger partial charge in [0.15, 0.2) is 0 Å². The lowest BCUT2D eigenvalue weighted by molar-refractivity contribution is -0.118. The van der Waals surface area contributed by atoms with Gasteiger partial charge >= 0.3 is 0 Å². The van der Waals surface area contributed by atoms with Crippen LogP contribution >= 0.6 is 0 Å². The SMILES string of the molecule is CN1C(=O)CCN(C(=O)CN)c2cc(C#N)ccc21. The van der Waals surface area contributed by atoms with Gasteiger partial charge in [-0.1, -0.05) is 0 Å². The first-order valence-corrected chi connectivity index (χ1v) is 5.89. The Morgan fingerprint density at radius 1 is 1.47 bits per heavy atom. The number of hydrogen-bond donors (Lipinski definition) is 1. The predicted molar refractivity (Wildman–Crippen MR) is 70.6 cm³/mol. The molecule has 6 heteroatoms. The Hall–Kier alpha value is -2.39. The lowest BCUT2D eigenvalue weighted by Gasteiger charge is -2.23. The molecular weight excluding hydrogens is 244 g/mol. The number of carbonyl (C=O) groups excluding carboxylic acids is 2. The normalized spacial score (nSPS) is 14.7. The van der Waals surface area contributed by atoms with Gasteiger partial charge in [0.1, 0.15) is 0 Å². The molecule has 1 aliphatic heterocycles. The van der Waals surface area contributed by atoms with Crippen LogP contribution in [0.3, 0.4) is 0 Å². The van der Waals surface area contributed by atoms with Gasteiger partial charge in [0.25, 0.3) is 0 Å². The van der Waals surface area contributed by atoms with Crippen LogP contribution in [0.5, 0.6) is 0 Å². The van der Waals surface area contributed by atoms with Crippen LogP contribution in [0.1, 0.15) is 12.0 Å². The van der Waals surface area contributed by atoms with Crippen molar-refractivity contribution in [2.45, 2.75) is 6.42 Å². The number of nitrogens with zero attached hydrogens (tertiary/aromatic N) is 3. The molecule has 0 saturated heterocycles. The maximum absolute atomic E-state index is 11.9. The third-order valence-corrected chi connectivity index (χ3v) is 3.16. The van der Waals surface area contributed by atoms with Crippen LogP contribution in [0.2, 0.25) is 0 Å². The van der Waals surface area contributed by atoms with Gasteiger partial charge in [-0.15, -0.1) is 0 Å². The van der Waals surface area contributed by atoms with Gasteiger partial charge in [-0.3, -0.25) is 9.59 Å². The van der Waals surface area contributed by atoms with Crippen molar-refractivity contribution >= 4 is 23.2 Å². The third-order valence-electron chi connectivity index (χ3n) is 3.16. The zero-order valence-electron chi connectivity index (χ0n) is 10.6. The van der Waals surface area contributed by atoms with Crippen LogP contribution in [0, 0.1) is 11.3 Å². The fraction of sp³-hybridized carbons (Fsp3) is 0.308. The van der Waals surface area contributed by atoms with E-state index in [-0.39, 0.29) is 31.3 Å². The smallest absolute Gasteiger partial charge is 0.240 e. The molecule has 1 aliphatic rings. The van der Waals surface area contributed by atoms with Gasteiger partial charge in [0.05, 0.1) is 29.6 Å². The Morgan fingerprint density at radius 2 is 2.21 bits per heavy atom. The van der Waals surface area contributed by atoms with Crippen molar-refractivity contribution in [1.29, 1.82) is 5.26 Å². The van der Waals surface area contributed by atoms with Gasteiger partial charge < -0.3 is 15.5 Å². The second-order valence-corrected chi connectivity index (χ2v) is 4.27. The van der Waals surface area contributed by atoms with Crippen molar-refractivity contribution in [3.8, 4) is 6.07 Å². The highest BCUT2D eigenvalue weighted by Crippen LogP contribution is 2.32. The van der Waals surface area contributed by atoms with Gasteiger partial charge in [0.2, 0.25) is 11.8 Å². The Kier molecular flexibility index (Phi) is 3.49. The molecule has 0 saturated carbocycles.